The second-order valence-corrected chi connectivity index (χ2v) is 6.28. The van der Waals surface area contributed by atoms with Gasteiger partial charge in [0, 0.05) is 17.3 Å². The van der Waals surface area contributed by atoms with Crippen LogP contribution >= 0.6 is 0 Å². The van der Waals surface area contributed by atoms with E-state index >= 15 is 0 Å². The van der Waals surface area contributed by atoms with Crippen LogP contribution in [0.5, 0.6) is 0 Å². The molecule has 0 bridgehead atoms. The predicted octanol–water partition coefficient (Wildman–Crippen LogP) is 4.98. The Hall–Kier alpha value is -3.40. The lowest BCUT2D eigenvalue weighted by atomic mass is 10.1. The van der Waals surface area contributed by atoms with Crippen LogP contribution in [0.3, 0.4) is 0 Å². The van der Waals surface area contributed by atoms with Gasteiger partial charge in [-0.3, -0.25) is 4.79 Å². The molecule has 0 fully saturated rings. The van der Waals surface area contributed by atoms with Crippen molar-refractivity contribution in [2.45, 2.75) is 13.3 Å². The van der Waals surface area contributed by atoms with Crippen molar-refractivity contribution in [1.29, 1.82) is 0 Å². The number of aryl methyl sites for hydroxylation is 1. The van der Waals surface area contributed by atoms with Gasteiger partial charge in [-0.1, -0.05) is 48.0 Å². The van der Waals surface area contributed by atoms with Crippen molar-refractivity contribution in [3.05, 3.63) is 83.9 Å². The molecule has 0 aliphatic carbocycles. The molecule has 0 unspecified atom stereocenters. The van der Waals surface area contributed by atoms with Crippen LogP contribution in [-0.2, 0) is 11.2 Å². The molecule has 1 aromatic heterocycles. The lowest BCUT2D eigenvalue weighted by Crippen LogP contribution is -2.14. The maximum Gasteiger partial charge on any atom is 0.228 e. The largest absolute Gasteiger partial charge is 0.436 e. The summed E-state index contributed by atoms with van der Waals surface area (Å²) in [5.41, 5.74) is 5.19. The molecule has 0 radical (unpaired) electrons. The molecule has 3 aromatic carbocycles. The third-order valence-electron chi connectivity index (χ3n) is 4.14. The summed E-state index contributed by atoms with van der Waals surface area (Å²) in [6.45, 7) is 2.03. The lowest BCUT2D eigenvalue weighted by molar-refractivity contribution is -0.115. The van der Waals surface area contributed by atoms with Crippen LogP contribution in [-0.4, -0.2) is 10.9 Å². The summed E-state index contributed by atoms with van der Waals surface area (Å²) >= 11 is 0. The van der Waals surface area contributed by atoms with Crippen molar-refractivity contribution in [1.82, 2.24) is 4.98 Å². The zero-order valence-corrected chi connectivity index (χ0v) is 14.4. The van der Waals surface area contributed by atoms with Gasteiger partial charge in [-0.05, 0) is 36.8 Å². The van der Waals surface area contributed by atoms with Gasteiger partial charge in [-0.15, -0.1) is 0 Å². The molecule has 4 aromatic rings. The second-order valence-electron chi connectivity index (χ2n) is 6.28. The quantitative estimate of drug-likeness (QED) is 0.569. The molecule has 4 heteroatoms. The summed E-state index contributed by atoms with van der Waals surface area (Å²) < 4.78 is 5.89. The Morgan fingerprint density at radius 3 is 2.65 bits per heavy atom. The van der Waals surface area contributed by atoms with E-state index in [9.17, 15) is 4.79 Å². The Morgan fingerprint density at radius 1 is 1.00 bits per heavy atom. The first kappa shape index (κ1) is 16.1. The van der Waals surface area contributed by atoms with Crippen molar-refractivity contribution in [2.75, 3.05) is 5.32 Å². The minimum atomic E-state index is -0.0611. The third-order valence-corrected chi connectivity index (χ3v) is 4.14. The molecule has 0 spiro atoms. The number of rotatable bonds is 4. The number of carbonyl (C=O) groups excluding carboxylic acids is 1. The Balaban J connectivity index is 1.55. The minimum Gasteiger partial charge on any atom is -0.436 e. The molecule has 1 heterocycles. The first-order chi connectivity index (χ1) is 12.7. The molecule has 128 valence electrons. The van der Waals surface area contributed by atoms with Crippen LogP contribution in [0.1, 0.15) is 11.1 Å². The van der Waals surface area contributed by atoms with Gasteiger partial charge in [0.05, 0.1) is 6.42 Å². The standard InChI is InChI=1S/C22H18N2O2/c1-15-6-5-9-17(12-15)22-24-19-11-10-18(14-20(19)26-22)23-21(25)13-16-7-3-2-4-8-16/h2-12,14H,13H2,1H3,(H,23,25). The van der Waals surface area contributed by atoms with Crippen molar-refractivity contribution in [3.63, 3.8) is 0 Å². The predicted molar refractivity (Wildman–Crippen MR) is 103 cm³/mol. The van der Waals surface area contributed by atoms with Crippen LogP contribution in [0.4, 0.5) is 5.69 Å². The molecule has 1 N–H and O–H groups in total. The van der Waals surface area contributed by atoms with Gasteiger partial charge in [-0.2, -0.15) is 0 Å². The molecule has 1 amide bonds. The molecular weight excluding hydrogens is 324 g/mol. The molecule has 0 saturated heterocycles. The van der Waals surface area contributed by atoms with Gasteiger partial charge in [0.25, 0.3) is 0 Å². The zero-order valence-electron chi connectivity index (χ0n) is 14.4. The van der Waals surface area contributed by atoms with Crippen LogP contribution in [0.2, 0.25) is 0 Å². The van der Waals surface area contributed by atoms with E-state index in [0.29, 0.717) is 23.6 Å². The second kappa shape index (κ2) is 6.84. The van der Waals surface area contributed by atoms with Crippen LogP contribution in [0.15, 0.2) is 77.2 Å². The van der Waals surface area contributed by atoms with Crippen molar-refractivity contribution >= 4 is 22.7 Å². The number of hydrogen-bond donors (Lipinski definition) is 1. The fourth-order valence-electron chi connectivity index (χ4n) is 2.89. The van der Waals surface area contributed by atoms with Crippen molar-refractivity contribution in [3.8, 4) is 11.5 Å². The van der Waals surface area contributed by atoms with Gasteiger partial charge in [0.15, 0.2) is 5.58 Å². The number of nitrogens with one attached hydrogen (secondary N) is 1. The third kappa shape index (κ3) is 3.49. The highest BCUT2D eigenvalue weighted by Gasteiger charge is 2.10. The maximum absolute atomic E-state index is 12.2. The Labute approximate surface area is 151 Å². The van der Waals surface area contributed by atoms with Gasteiger partial charge in [0.2, 0.25) is 11.8 Å². The van der Waals surface area contributed by atoms with Gasteiger partial charge < -0.3 is 9.73 Å². The van der Waals surface area contributed by atoms with E-state index in [1.807, 2.05) is 79.7 Å². The molecule has 26 heavy (non-hydrogen) atoms. The van der Waals surface area contributed by atoms with Gasteiger partial charge >= 0.3 is 0 Å². The van der Waals surface area contributed by atoms with E-state index in [0.717, 1.165) is 22.2 Å². The van der Waals surface area contributed by atoms with Crippen molar-refractivity contribution in [2.24, 2.45) is 0 Å². The summed E-state index contributed by atoms with van der Waals surface area (Å²) in [4.78, 5) is 16.8. The van der Waals surface area contributed by atoms with E-state index < -0.39 is 0 Å². The Morgan fingerprint density at radius 2 is 1.85 bits per heavy atom. The summed E-state index contributed by atoms with van der Waals surface area (Å²) in [5, 5.41) is 2.91. The summed E-state index contributed by atoms with van der Waals surface area (Å²) in [7, 11) is 0. The molecule has 0 aliphatic heterocycles. The van der Waals surface area contributed by atoms with E-state index in [4.69, 9.17) is 4.42 Å². The SMILES string of the molecule is Cc1cccc(-c2nc3ccc(NC(=O)Cc4ccccc4)cc3o2)c1. The smallest absolute Gasteiger partial charge is 0.228 e. The number of fused-ring (bicyclic) bond motifs is 1. The summed E-state index contributed by atoms with van der Waals surface area (Å²) in [6.07, 6.45) is 0.337. The molecule has 4 rings (SSSR count). The van der Waals surface area contributed by atoms with E-state index in [1.54, 1.807) is 0 Å². The highest BCUT2D eigenvalue weighted by molar-refractivity contribution is 5.94. The fraction of sp³-hybridized carbons (Fsp3) is 0.0909. The fourth-order valence-corrected chi connectivity index (χ4v) is 2.89. The highest BCUT2D eigenvalue weighted by atomic mass is 16.3. The normalized spacial score (nSPS) is 10.8. The molecule has 0 saturated carbocycles. The van der Waals surface area contributed by atoms with Crippen LogP contribution in [0, 0.1) is 6.92 Å². The Bertz CT molecular complexity index is 1070. The number of nitrogens with zero attached hydrogens (tertiary/aromatic N) is 1. The lowest BCUT2D eigenvalue weighted by Gasteiger charge is -2.05. The van der Waals surface area contributed by atoms with E-state index in [-0.39, 0.29) is 5.91 Å². The topological polar surface area (TPSA) is 55.1 Å². The van der Waals surface area contributed by atoms with Gasteiger partial charge in [0.1, 0.15) is 5.52 Å². The van der Waals surface area contributed by atoms with E-state index in [2.05, 4.69) is 10.3 Å². The first-order valence-electron chi connectivity index (χ1n) is 8.49. The first-order valence-corrected chi connectivity index (χ1v) is 8.49. The number of benzene rings is 3. The number of hydrogen-bond acceptors (Lipinski definition) is 3. The summed E-state index contributed by atoms with van der Waals surface area (Å²) in [5.74, 6) is 0.519. The maximum atomic E-state index is 12.2. The molecule has 4 nitrogen and oxygen atoms in total. The van der Waals surface area contributed by atoms with E-state index in [1.165, 1.54) is 0 Å². The number of oxazole rings is 1. The Kier molecular flexibility index (Phi) is 4.23. The zero-order chi connectivity index (χ0) is 17.9. The average Bonchev–Trinajstić information content (AvgIpc) is 3.06. The molecular formula is C22H18N2O2. The molecule has 0 atom stereocenters. The molecule has 0 aliphatic rings. The number of anilines is 1. The number of aromatic nitrogens is 1. The highest BCUT2D eigenvalue weighted by Crippen LogP contribution is 2.26. The monoisotopic (exact) mass is 342 g/mol. The van der Waals surface area contributed by atoms with Crippen molar-refractivity contribution < 1.29 is 9.21 Å². The number of amides is 1. The van der Waals surface area contributed by atoms with Crippen LogP contribution < -0.4 is 5.32 Å². The van der Waals surface area contributed by atoms with Gasteiger partial charge in [-0.25, -0.2) is 4.98 Å². The minimum absolute atomic E-state index is 0.0611. The summed E-state index contributed by atoms with van der Waals surface area (Å²) in [6, 6.07) is 23.2. The number of carbonyl (C=O) groups is 1. The van der Waals surface area contributed by atoms with Crippen LogP contribution in [0.25, 0.3) is 22.6 Å². The average molecular weight is 342 g/mol.